The molecule has 0 fully saturated rings. The Balaban J connectivity index is 1.96. The highest BCUT2D eigenvalue weighted by atomic mass is 16.5. The molecular formula is C26H42N2O3. The summed E-state index contributed by atoms with van der Waals surface area (Å²) < 4.78 is 5.05. The van der Waals surface area contributed by atoms with E-state index in [2.05, 4.69) is 29.6 Å². The number of allylic oxidation sites excluding steroid dienone is 2. The second-order valence-corrected chi connectivity index (χ2v) is 8.06. The monoisotopic (exact) mass is 430 g/mol. The molecule has 31 heavy (non-hydrogen) atoms. The van der Waals surface area contributed by atoms with Crippen LogP contribution in [0.15, 0.2) is 35.5 Å². The van der Waals surface area contributed by atoms with E-state index in [1.54, 1.807) is 18.3 Å². The van der Waals surface area contributed by atoms with E-state index in [0.717, 1.165) is 18.4 Å². The summed E-state index contributed by atoms with van der Waals surface area (Å²) in [6, 6.07) is 4.90. The van der Waals surface area contributed by atoms with Crippen LogP contribution in [0, 0.1) is 0 Å². The summed E-state index contributed by atoms with van der Waals surface area (Å²) >= 11 is 0. The number of amides is 1. The van der Waals surface area contributed by atoms with Crippen molar-refractivity contribution in [1.82, 2.24) is 5.43 Å². The molecule has 0 radical (unpaired) electrons. The third kappa shape index (κ3) is 14.4. The Hall–Kier alpha value is -2.30. The van der Waals surface area contributed by atoms with Gasteiger partial charge >= 0.3 is 0 Å². The normalized spacial score (nSPS) is 11.4. The van der Waals surface area contributed by atoms with Crippen molar-refractivity contribution in [3.05, 3.63) is 35.9 Å². The van der Waals surface area contributed by atoms with Crippen LogP contribution in [0.2, 0.25) is 0 Å². The van der Waals surface area contributed by atoms with E-state index >= 15 is 0 Å². The summed E-state index contributed by atoms with van der Waals surface area (Å²) in [5.74, 6) is 0.385. The summed E-state index contributed by atoms with van der Waals surface area (Å²) in [5.41, 5.74) is 3.30. The number of ether oxygens (including phenoxy) is 1. The van der Waals surface area contributed by atoms with Crippen molar-refractivity contribution in [3.63, 3.8) is 0 Å². The van der Waals surface area contributed by atoms with E-state index in [-0.39, 0.29) is 11.7 Å². The van der Waals surface area contributed by atoms with E-state index in [0.29, 0.717) is 12.2 Å². The molecule has 0 aliphatic heterocycles. The molecule has 174 valence electrons. The van der Waals surface area contributed by atoms with Crippen LogP contribution >= 0.6 is 0 Å². The van der Waals surface area contributed by atoms with Crippen molar-refractivity contribution < 1.29 is 14.6 Å². The van der Waals surface area contributed by atoms with Gasteiger partial charge in [0.2, 0.25) is 5.91 Å². The average Bonchev–Trinajstić information content (AvgIpc) is 2.77. The average molecular weight is 431 g/mol. The second-order valence-electron chi connectivity index (χ2n) is 8.06. The largest absolute Gasteiger partial charge is 0.504 e. The van der Waals surface area contributed by atoms with Crippen LogP contribution < -0.4 is 10.2 Å². The minimum atomic E-state index is -0.0698. The van der Waals surface area contributed by atoms with Gasteiger partial charge in [-0.05, 0) is 55.9 Å². The van der Waals surface area contributed by atoms with Crippen molar-refractivity contribution in [2.45, 2.75) is 96.8 Å². The maximum absolute atomic E-state index is 11.8. The standard InChI is InChI=1S/C26H42N2O3/c1-3-4-5-6-7-8-9-10-11-12-13-14-15-16-17-18-26(30)28-27-22-23-19-20-24(29)25(21-23)31-2/h10-11,19-22,29H,3-9,12-18H2,1-2H3,(H,28,30)/b11-10-,27-22+. The highest BCUT2D eigenvalue weighted by molar-refractivity contribution is 5.83. The van der Waals surface area contributed by atoms with Gasteiger partial charge in [-0.3, -0.25) is 4.79 Å². The maximum Gasteiger partial charge on any atom is 0.240 e. The number of nitrogens with zero attached hydrogens (tertiary/aromatic N) is 1. The zero-order chi connectivity index (χ0) is 22.6. The van der Waals surface area contributed by atoms with Crippen molar-refractivity contribution in [3.8, 4) is 11.5 Å². The van der Waals surface area contributed by atoms with E-state index in [1.165, 1.54) is 83.8 Å². The quantitative estimate of drug-likeness (QED) is 0.115. The molecule has 5 nitrogen and oxygen atoms in total. The van der Waals surface area contributed by atoms with Gasteiger partial charge in [0.25, 0.3) is 0 Å². The molecule has 1 aromatic rings. The lowest BCUT2D eigenvalue weighted by Gasteiger charge is -2.03. The number of hydrogen-bond acceptors (Lipinski definition) is 4. The van der Waals surface area contributed by atoms with Gasteiger partial charge in [-0.15, -0.1) is 0 Å². The van der Waals surface area contributed by atoms with Crippen molar-refractivity contribution in [2.75, 3.05) is 7.11 Å². The lowest BCUT2D eigenvalue weighted by atomic mass is 10.1. The van der Waals surface area contributed by atoms with Crippen LogP contribution in [0.1, 0.15) is 102 Å². The molecule has 2 N–H and O–H groups in total. The number of methoxy groups -OCH3 is 1. The zero-order valence-electron chi connectivity index (χ0n) is 19.6. The number of nitrogens with one attached hydrogen (secondary N) is 1. The van der Waals surface area contributed by atoms with Crippen LogP contribution in [0.25, 0.3) is 0 Å². The smallest absolute Gasteiger partial charge is 0.240 e. The predicted octanol–water partition coefficient (Wildman–Crippen LogP) is 6.89. The Bertz CT molecular complexity index is 656. The fourth-order valence-electron chi connectivity index (χ4n) is 3.37. The highest BCUT2D eigenvalue weighted by Crippen LogP contribution is 2.25. The van der Waals surface area contributed by atoms with Gasteiger partial charge in [0, 0.05) is 6.42 Å². The fraction of sp³-hybridized carbons (Fsp3) is 0.615. The molecular weight excluding hydrogens is 388 g/mol. The molecule has 0 saturated carbocycles. The van der Waals surface area contributed by atoms with Crippen LogP contribution in [0.4, 0.5) is 0 Å². The number of unbranched alkanes of at least 4 members (excludes halogenated alkanes) is 11. The summed E-state index contributed by atoms with van der Waals surface area (Å²) in [7, 11) is 1.49. The van der Waals surface area contributed by atoms with Gasteiger partial charge in [0.15, 0.2) is 11.5 Å². The first-order valence-electron chi connectivity index (χ1n) is 12.0. The number of hydrazone groups is 1. The number of carbonyl (C=O) groups is 1. The lowest BCUT2D eigenvalue weighted by molar-refractivity contribution is -0.121. The Kier molecular flexibility index (Phi) is 15.9. The van der Waals surface area contributed by atoms with E-state index in [9.17, 15) is 9.90 Å². The van der Waals surface area contributed by atoms with E-state index in [4.69, 9.17) is 4.74 Å². The second kappa shape index (κ2) is 18.5. The molecule has 1 rings (SSSR count). The number of phenolic OH excluding ortho intramolecular Hbond substituents is 1. The van der Waals surface area contributed by atoms with E-state index in [1.807, 2.05) is 0 Å². The molecule has 0 aliphatic carbocycles. The Morgan fingerprint density at radius 1 is 0.968 bits per heavy atom. The first-order valence-corrected chi connectivity index (χ1v) is 12.0. The lowest BCUT2D eigenvalue weighted by Crippen LogP contribution is -2.16. The first kappa shape index (κ1) is 26.7. The third-order valence-electron chi connectivity index (χ3n) is 5.27. The SMILES string of the molecule is CCCCCCCC/C=C\CCCCCCCC(=O)N/N=C/c1ccc(O)c(OC)c1. The topological polar surface area (TPSA) is 70.9 Å². The molecule has 1 amide bonds. The molecule has 0 unspecified atom stereocenters. The Labute approximate surface area is 189 Å². The minimum Gasteiger partial charge on any atom is -0.504 e. The van der Waals surface area contributed by atoms with Gasteiger partial charge in [0.1, 0.15) is 0 Å². The number of hydrogen-bond donors (Lipinski definition) is 2. The highest BCUT2D eigenvalue weighted by Gasteiger charge is 2.02. The predicted molar refractivity (Wildman–Crippen MR) is 130 cm³/mol. The Morgan fingerprint density at radius 3 is 2.23 bits per heavy atom. The van der Waals surface area contributed by atoms with Crippen molar-refractivity contribution >= 4 is 12.1 Å². The summed E-state index contributed by atoms with van der Waals surface area (Å²) in [4.78, 5) is 11.8. The number of aromatic hydroxyl groups is 1. The van der Waals surface area contributed by atoms with Crippen molar-refractivity contribution in [2.24, 2.45) is 5.10 Å². The van der Waals surface area contributed by atoms with Gasteiger partial charge in [-0.1, -0.05) is 70.4 Å². The number of benzene rings is 1. The van der Waals surface area contributed by atoms with Gasteiger partial charge in [0.05, 0.1) is 13.3 Å². The van der Waals surface area contributed by atoms with Gasteiger partial charge in [-0.25, -0.2) is 5.43 Å². The number of carbonyl (C=O) groups excluding carboxylic acids is 1. The Morgan fingerprint density at radius 2 is 1.58 bits per heavy atom. The molecule has 0 aromatic heterocycles. The number of rotatable bonds is 18. The summed E-state index contributed by atoms with van der Waals surface area (Å²) in [6.07, 6.45) is 22.9. The van der Waals surface area contributed by atoms with Crippen LogP contribution in [-0.2, 0) is 4.79 Å². The molecule has 0 saturated heterocycles. The molecule has 1 aromatic carbocycles. The molecule has 0 heterocycles. The summed E-state index contributed by atoms with van der Waals surface area (Å²) in [5, 5.41) is 13.5. The zero-order valence-corrected chi connectivity index (χ0v) is 19.6. The summed E-state index contributed by atoms with van der Waals surface area (Å²) in [6.45, 7) is 2.26. The number of phenols is 1. The molecule has 0 atom stereocenters. The minimum absolute atomic E-state index is 0.0698. The van der Waals surface area contributed by atoms with E-state index < -0.39 is 0 Å². The van der Waals surface area contributed by atoms with Crippen LogP contribution in [-0.4, -0.2) is 24.3 Å². The maximum atomic E-state index is 11.8. The molecule has 0 bridgehead atoms. The van der Waals surface area contributed by atoms with Crippen LogP contribution in [0.3, 0.4) is 0 Å². The molecule has 5 heteroatoms. The molecule has 0 spiro atoms. The van der Waals surface area contributed by atoms with Gasteiger partial charge < -0.3 is 9.84 Å². The third-order valence-corrected chi connectivity index (χ3v) is 5.27. The van der Waals surface area contributed by atoms with Crippen LogP contribution in [0.5, 0.6) is 11.5 Å². The molecule has 0 aliphatic rings. The fourth-order valence-corrected chi connectivity index (χ4v) is 3.37. The first-order chi connectivity index (χ1) is 15.2. The van der Waals surface area contributed by atoms with Crippen molar-refractivity contribution in [1.29, 1.82) is 0 Å². The van der Waals surface area contributed by atoms with Gasteiger partial charge in [-0.2, -0.15) is 5.10 Å².